The van der Waals surface area contributed by atoms with E-state index in [-0.39, 0.29) is 0 Å². The second-order valence-electron chi connectivity index (χ2n) is 5.91. The van der Waals surface area contributed by atoms with E-state index in [1.54, 1.807) is 7.11 Å². The van der Waals surface area contributed by atoms with Crippen LogP contribution >= 0.6 is 0 Å². The van der Waals surface area contributed by atoms with Crippen LogP contribution in [0.5, 0.6) is 5.75 Å². The van der Waals surface area contributed by atoms with Gasteiger partial charge in [-0.05, 0) is 29.8 Å². The van der Waals surface area contributed by atoms with E-state index in [4.69, 9.17) is 4.74 Å². The Bertz CT molecular complexity index is 593. The van der Waals surface area contributed by atoms with Crippen molar-refractivity contribution in [1.82, 2.24) is 4.90 Å². The third kappa shape index (κ3) is 4.03. The second kappa shape index (κ2) is 7.49. The Labute approximate surface area is 137 Å². The Hall–Kier alpha value is -2.04. The van der Waals surface area contributed by atoms with E-state index < -0.39 is 6.10 Å². The minimum atomic E-state index is -0.454. The number of ether oxygens (including phenoxy) is 1. The van der Waals surface area contributed by atoms with Crippen LogP contribution in [0.25, 0.3) is 0 Å². The van der Waals surface area contributed by atoms with Crippen molar-refractivity contribution in [3.63, 3.8) is 0 Å². The summed E-state index contributed by atoms with van der Waals surface area (Å²) in [5.74, 6) is 0.817. The van der Waals surface area contributed by atoms with Gasteiger partial charge in [0.25, 0.3) is 0 Å². The zero-order valence-corrected chi connectivity index (χ0v) is 13.6. The van der Waals surface area contributed by atoms with Gasteiger partial charge in [-0.25, -0.2) is 0 Å². The number of hydrogen-bond acceptors (Lipinski definition) is 4. The number of β-amino-alcohol motifs (C(OH)–C–C–N with tert-alkyl or cyclic N) is 1. The Kier molecular flexibility index (Phi) is 5.16. The third-order valence-electron chi connectivity index (χ3n) is 4.43. The zero-order chi connectivity index (χ0) is 16.1. The molecule has 2 aromatic carbocycles. The lowest BCUT2D eigenvalue weighted by atomic mass is 10.1. The highest BCUT2D eigenvalue weighted by molar-refractivity contribution is 5.46. The van der Waals surface area contributed by atoms with Crippen molar-refractivity contribution in [2.24, 2.45) is 0 Å². The fourth-order valence-electron chi connectivity index (χ4n) is 3.00. The molecule has 4 nitrogen and oxygen atoms in total. The molecular weight excluding hydrogens is 288 g/mol. The predicted molar refractivity (Wildman–Crippen MR) is 93.0 cm³/mol. The highest BCUT2D eigenvalue weighted by atomic mass is 16.5. The standard InChI is InChI=1S/C19H24N2O2/c1-23-18-9-7-16(8-10-18)19(22)15-20-11-13-21(14-12-20)17-5-3-2-4-6-17/h2-10,19,22H,11-15H2,1H3/t19-/m1/s1. The smallest absolute Gasteiger partial charge is 0.118 e. The molecule has 1 heterocycles. The van der Waals surface area contributed by atoms with Crippen LogP contribution in [0.4, 0.5) is 5.69 Å². The lowest BCUT2D eigenvalue weighted by molar-refractivity contribution is 0.109. The molecule has 122 valence electrons. The van der Waals surface area contributed by atoms with E-state index in [0.717, 1.165) is 37.5 Å². The first-order valence-corrected chi connectivity index (χ1v) is 8.10. The van der Waals surface area contributed by atoms with Crippen LogP contribution < -0.4 is 9.64 Å². The van der Waals surface area contributed by atoms with Crippen molar-refractivity contribution in [3.05, 3.63) is 60.2 Å². The Morgan fingerprint density at radius 2 is 1.61 bits per heavy atom. The minimum absolute atomic E-state index is 0.454. The van der Waals surface area contributed by atoms with Crippen molar-refractivity contribution in [2.45, 2.75) is 6.10 Å². The fraction of sp³-hybridized carbons (Fsp3) is 0.368. The molecule has 0 unspecified atom stereocenters. The molecule has 0 saturated carbocycles. The Morgan fingerprint density at radius 3 is 2.22 bits per heavy atom. The quantitative estimate of drug-likeness (QED) is 0.920. The van der Waals surface area contributed by atoms with Gasteiger partial charge in [-0.2, -0.15) is 0 Å². The minimum Gasteiger partial charge on any atom is -0.497 e. The molecule has 0 aromatic heterocycles. The topological polar surface area (TPSA) is 35.9 Å². The van der Waals surface area contributed by atoms with Crippen LogP contribution in [-0.4, -0.2) is 49.8 Å². The number of piperazine rings is 1. The average Bonchev–Trinajstić information content (AvgIpc) is 2.63. The number of nitrogens with zero attached hydrogens (tertiary/aromatic N) is 2. The van der Waals surface area contributed by atoms with Gasteiger partial charge < -0.3 is 14.7 Å². The number of hydrogen-bond donors (Lipinski definition) is 1. The molecule has 4 heteroatoms. The van der Waals surface area contributed by atoms with Gasteiger partial charge in [0.05, 0.1) is 13.2 Å². The number of aliphatic hydroxyl groups is 1. The van der Waals surface area contributed by atoms with E-state index in [1.165, 1.54) is 5.69 Å². The van der Waals surface area contributed by atoms with Crippen molar-refractivity contribution >= 4 is 5.69 Å². The molecular formula is C19H24N2O2. The van der Waals surface area contributed by atoms with E-state index in [2.05, 4.69) is 34.1 Å². The van der Waals surface area contributed by atoms with Crippen LogP contribution in [0.2, 0.25) is 0 Å². The van der Waals surface area contributed by atoms with E-state index in [0.29, 0.717) is 6.54 Å². The SMILES string of the molecule is COc1ccc([C@H](O)CN2CCN(c3ccccc3)CC2)cc1. The van der Waals surface area contributed by atoms with Crippen LogP contribution in [0.1, 0.15) is 11.7 Å². The summed E-state index contributed by atoms with van der Waals surface area (Å²) < 4.78 is 5.16. The van der Waals surface area contributed by atoms with Crippen LogP contribution in [-0.2, 0) is 0 Å². The molecule has 0 aliphatic carbocycles. The predicted octanol–water partition coefficient (Wildman–Crippen LogP) is 2.55. The summed E-state index contributed by atoms with van der Waals surface area (Å²) in [7, 11) is 1.65. The van der Waals surface area contributed by atoms with Gasteiger partial charge in [0, 0.05) is 38.4 Å². The third-order valence-corrected chi connectivity index (χ3v) is 4.43. The molecule has 1 aliphatic rings. The van der Waals surface area contributed by atoms with Gasteiger partial charge in [-0.1, -0.05) is 30.3 Å². The molecule has 0 radical (unpaired) electrons. The summed E-state index contributed by atoms with van der Waals surface area (Å²) in [6.07, 6.45) is -0.454. The van der Waals surface area contributed by atoms with Crippen LogP contribution in [0.3, 0.4) is 0 Å². The lowest BCUT2D eigenvalue weighted by Crippen LogP contribution is -2.47. The highest BCUT2D eigenvalue weighted by Crippen LogP contribution is 2.20. The Morgan fingerprint density at radius 1 is 0.957 bits per heavy atom. The molecule has 23 heavy (non-hydrogen) atoms. The van der Waals surface area contributed by atoms with Gasteiger partial charge in [0.1, 0.15) is 5.75 Å². The summed E-state index contributed by atoms with van der Waals surface area (Å²) in [6.45, 7) is 4.62. The van der Waals surface area contributed by atoms with Crippen LogP contribution in [0.15, 0.2) is 54.6 Å². The molecule has 0 spiro atoms. The maximum atomic E-state index is 10.4. The lowest BCUT2D eigenvalue weighted by Gasteiger charge is -2.37. The summed E-state index contributed by atoms with van der Waals surface area (Å²) >= 11 is 0. The van der Waals surface area contributed by atoms with Crippen molar-refractivity contribution in [3.8, 4) is 5.75 Å². The molecule has 1 atom stereocenters. The normalized spacial score (nSPS) is 17.0. The molecule has 1 aliphatic heterocycles. The number of benzene rings is 2. The summed E-state index contributed by atoms with van der Waals surface area (Å²) in [5, 5.41) is 10.4. The van der Waals surface area contributed by atoms with Gasteiger partial charge in [0.15, 0.2) is 0 Å². The average molecular weight is 312 g/mol. The monoisotopic (exact) mass is 312 g/mol. The number of aliphatic hydroxyl groups excluding tert-OH is 1. The first-order valence-electron chi connectivity index (χ1n) is 8.10. The Balaban J connectivity index is 1.51. The summed E-state index contributed by atoms with van der Waals surface area (Å²) in [4.78, 5) is 4.73. The molecule has 0 amide bonds. The maximum Gasteiger partial charge on any atom is 0.118 e. The first-order chi connectivity index (χ1) is 11.3. The van der Waals surface area contributed by atoms with Gasteiger partial charge >= 0.3 is 0 Å². The van der Waals surface area contributed by atoms with E-state index in [9.17, 15) is 5.11 Å². The summed E-state index contributed by atoms with van der Waals surface area (Å²) in [6, 6.07) is 18.2. The zero-order valence-electron chi connectivity index (χ0n) is 13.6. The van der Waals surface area contributed by atoms with Crippen LogP contribution in [0, 0.1) is 0 Å². The van der Waals surface area contributed by atoms with Crippen molar-refractivity contribution < 1.29 is 9.84 Å². The molecule has 1 saturated heterocycles. The van der Waals surface area contributed by atoms with Gasteiger partial charge in [-0.15, -0.1) is 0 Å². The second-order valence-corrected chi connectivity index (χ2v) is 5.91. The van der Waals surface area contributed by atoms with Crippen molar-refractivity contribution in [2.75, 3.05) is 44.7 Å². The van der Waals surface area contributed by atoms with Gasteiger partial charge in [-0.3, -0.25) is 4.90 Å². The van der Waals surface area contributed by atoms with E-state index >= 15 is 0 Å². The molecule has 3 rings (SSSR count). The number of para-hydroxylation sites is 1. The highest BCUT2D eigenvalue weighted by Gasteiger charge is 2.20. The molecule has 2 aromatic rings. The van der Waals surface area contributed by atoms with Crippen molar-refractivity contribution in [1.29, 1.82) is 0 Å². The number of methoxy groups -OCH3 is 1. The molecule has 0 bridgehead atoms. The first kappa shape index (κ1) is 15.8. The largest absolute Gasteiger partial charge is 0.497 e. The summed E-state index contributed by atoms with van der Waals surface area (Å²) in [5.41, 5.74) is 2.22. The maximum absolute atomic E-state index is 10.4. The fourth-order valence-corrected chi connectivity index (χ4v) is 3.00. The molecule has 1 fully saturated rings. The number of anilines is 1. The number of rotatable bonds is 5. The molecule has 1 N–H and O–H groups in total. The van der Waals surface area contributed by atoms with E-state index in [1.807, 2.05) is 30.3 Å². The van der Waals surface area contributed by atoms with Gasteiger partial charge in [0.2, 0.25) is 0 Å².